The molecule has 1 saturated heterocycles. The van der Waals surface area contributed by atoms with E-state index in [0.717, 1.165) is 10.9 Å². The molecule has 1 aliphatic heterocycles. The molecular formula is C17H18N4O3. The number of fused-ring (bicyclic) bond motifs is 1. The van der Waals surface area contributed by atoms with Gasteiger partial charge in [-0.05, 0) is 18.6 Å². The van der Waals surface area contributed by atoms with Gasteiger partial charge < -0.3 is 16.4 Å². The third kappa shape index (κ3) is 3.51. The van der Waals surface area contributed by atoms with Gasteiger partial charge in [0.1, 0.15) is 12.1 Å². The fourth-order valence-electron chi connectivity index (χ4n) is 2.74. The molecule has 3 rings (SSSR count). The molecular weight excluding hydrogens is 308 g/mol. The minimum Gasteiger partial charge on any atom is -0.368 e. The Morgan fingerprint density at radius 3 is 2.79 bits per heavy atom. The van der Waals surface area contributed by atoms with Crippen LogP contribution in [-0.4, -0.2) is 34.8 Å². The summed E-state index contributed by atoms with van der Waals surface area (Å²) in [6.07, 6.45) is 0.933. The van der Waals surface area contributed by atoms with E-state index < -0.39 is 23.9 Å². The lowest BCUT2D eigenvalue weighted by molar-refractivity contribution is -0.129. The number of aromatic nitrogens is 1. The molecule has 7 nitrogen and oxygen atoms in total. The number of nitrogens with one attached hydrogen (secondary N) is 2. The Morgan fingerprint density at radius 1 is 1.29 bits per heavy atom. The molecule has 0 saturated carbocycles. The van der Waals surface area contributed by atoms with Gasteiger partial charge in [-0.2, -0.15) is 0 Å². The van der Waals surface area contributed by atoms with Crippen LogP contribution < -0.4 is 16.4 Å². The van der Waals surface area contributed by atoms with Gasteiger partial charge in [0.15, 0.2) is 0 Å². The quantitative estimate of drug-likeness (QED) is 0.719. The van der Waals surface area contributed by atoms with Crippen LogP contribution >= 0.6 is 0 Å². The van der Waals surface area contributed by atoms with Crippen LogP contribution in [0.25, 0.3) is 10.9 Å². The number of carbonyl (C=O) groups is 3. The summed E-state index contributed by atoms with van der Waals surface area (Å²) in [5.41, 5.74) is 6.88. The molecule has 2 heterocycles. The third-order valence-electron chi connectivity index (χ3n) is 4.04. The Labute approximate surface area is 138 Å². The van der Waals surface area contributed by atoms with E-state index in [9.17, 15) is 14.4 Å². The SMILES string of the molecule is NC(=O)[C@H](Cc1ccc2ccccc2n1)NC(=O)[C@H]1CCC(=O)N1. The standard InChI is InChI=1S/C17H18N4O3/c18-16(23)14(21-17(24)13-7-8-15(22)20-13)9-11-6-5-10-3-1-2-4-12(10)19-11/h1-6,13-14H,7-9H2,(H2,18,23)(H,20,22)(H,21,24)/t13-,14+/m1/s1. The molecule has 2 atom stereocenters. The Morgan fingerprint density at radius 2 is 2.08 bits per heavy atom. The highest BCUT2D eigenvalue weighted by Gasteiger charge is 2.30. The van der Waals surface area contributed by atoms with Crippen LogP contribution in [-0.2, 0) is 20.8 Å². The molecule has 1 fully saturated rings. The monoisotopic (exact) mass is 326 g/mol. The summed E-state index contributed by atoms with van der Waals surface area (Å²) in [4.78, 5) is 39.5. The van der Waals surface area contributed by atoms with Gasteiger partial charge in [-0.1, -0.05) is 24.3 Å². The summed E-state index contributed by atoms with van der Waals surface area (Å²) in [7, 11) is 0. The number of hydrogen-bond donors (Lipinski definition) is 3. The van der Waals surface area contributed by atoms with Gasteiger partial charge in [-0.3, -0.25) is 19.4 Å². The number of rotatable bonds is 5. The number of pyridine rings is 1. The molecule has 2 aromatic rings. The summed E-state index contributed by atoms with van der Waals surface area (Å²) in [6, 6.07) is 9.87. The minimum absolute atomic E-state index is 0.165. The second-order valence-corrected chi connectivity index (χ2v) is 5.82. The summed E-state index contributed by atoms with van der Waals surface area (Å²) in [5.74, 6) is -1.20. The Kier molecular flexibility index (Phi) is 4.41. The Bertz CT molecular complexity index is 805. The van der Waals surface area contributed by atoms with E-state index in [2.05, 4.69) is 15.6 Å². The number of nitrogens with zero attached hydrogens (tertiary/aromatic N) is 1. The predicted molar refractivity (Wildman–Crippen MR) is 87.7 cm³/mol. The lowest BCUT2D eigenvalue weighted by Crippen LogP contribution is -2.51. The van der Waals surface area contributed by atoms with Crippen LogP contribution in [0.1, 0.15) is 18.5 Å². The highest BCUT2D eigenvalue weighted by molar-refractivity contribution is 5.93. The molecule has 0 aliphatic carbocycles. The topological polar surface area (TPSA) is 114 Å². The number of benzene rings is 1. The third-order valence-corrected chi connectivity index (χ3v) is 4.04. The molecule has 0 spiro atoms. The lowest BCUT2D eigenvalue weighted by Gasteiger charge is -2.18. The maximum atomic E-state index is 12.2. The van der Waals surface area contributed by atoms with Crippen molar-refractivity contribution in [3.05, 3.63) is 42.1 Å². The van der Waals surface area contributed by atoms with E-state index >= 15 is 0 Å². The van der Waals surface area contributed by atoms with Crippen molar-refractivity contribution in [1.82, 2.24) is 15.6 Å². The first-order valence-electron chi connectivity index (χ1n) is 7.76. The van der Waals surface area contributed by atoms with Crippen molar-refractivity contribution in [3.63, 3.8) is 0 Å². The van der Waals surface area contributed by atoms with Crippen LogP contribution in [0.3, 0.4) is 0 Å². The van der Waals surface area contributed by atoms with Gasteiger partial charge in [0.2, 0.25) is 17.7 Å². The summed E-state index contributed by atoms with van der Waals surface area (Å²) < 4.78 is 0. The molecule has 0 bridgehead atoms. The minimum atomic E-state index is -0.872. The van der Waals surface area contributed by atoms with Crippen LogP contribution in [0.2, 0.25) is 0 Å². The van der Waals surface area contributed by atoms with Gasteiger partial charge in [-0.15, -0.1) is 0 Å². The molecule has 24 heavy (non-hydrogen) atoms. The smallest absolute Gasteiger partial charge is 0.243 e. The van der Waals surface area contributed by atoms with Crippen molar-refractivity contribution >= 4 is 28.6 Å². The lowest BCUT2D eigenvalue weighted by atomic mass is 10.1. The highest BCUT2D eigenvalue weighted by Crippen LogP contribution is 2.13. The van der Waals surface area contributed by atoms with Crippen LogP contribution in [0, 0.1) is 0 Å². The molecule has 1 aliphatic rings. The number of hydrogen-bond acceptors (Lipinski definition) is 4. The average Bonchev–Trinajstić information content (AvgIpc) is 3.00. The normalized spacial score (nSPS) is 18.2. The van der Waals surface area contributed by atoms with E-state index in [1.807, 2.05) is 36.4 Å². The van der Waals surface area contributed by atoms with Gasteiger partial charge in [-0.25, -0.2) is 0 Å². The van der Waals surface area contributed by atoms with Crippen molar-refractivity contribution in [3.8, 4) is 0 Å². The van der Waals surface area contributed by atoms with Crippen LogP contribution in [0.5, 0.6) is 0 Å². The van der Waals surface area contributed by atoms with E-state index in [1.165, 1.54) is 0 Å². The van der Waals surface area contributed by atoms with Crippen molar-refractivity contribution in [1.29, 1.82) is 0 Å². The number of carbonyl (C=O) groups excluding carboxylic acids is 3. The summed E-state index contributed by atoms with van der Waals surface area (Å²) >= 11 is 0. The van der Waals surface area contributed by atoms with E-state index in [1.54, 1.807) is 0 Å². The van der Waals surface area contributed by atoms with Gasteiger partial charge in [0, 0.05) is 23.9 Å². The van der Waals surface area contributed by atoms with Crippen LogP contribution in [0.4, 0.5) is 0 Å². The summed E-state index contributed by atoms with van der Waals surface area (Å²) in [5, 5.41) is 6.17. The molecule has 7 heteroatoms. The zero-order valence-electron chi connectivity index (χ0n) is 13.0. The molecule has 4 N–H and O–H groups in total. The maximum Gasteiger partial charge on any atom is 0.243 e. The zero-order chi connectivity index (χ0) is 17.1. The summed E-state index contributed by atoms with van der Waals surface area (Å²) in [6.45, 7) is 0. The molecule has 0 radical (unpaired) electrons. The van der Waals surface area contributed by atoms with Gasteiger partial charge in [0.05, 0.1) is 5.52 Å². The maximum absolute atomic E-state index is 12.2. The number of primary amides is 1. The fraction of sp³-hybridized carbons (Fsp3) is 0.294. The van der Waals surface area contributed by atoms with E-state index in [-0.39, 0.29) is 12.3 Å². The van der Waals surface area contributed by atoms with Gasteiger partial charge >= 0.3 is 0 Å². The first-order valence-corrected chi connectivity index (χ1v) is 7.76. The molecule has 1 aromatic carbocycles. The van der Waals surface area contributed by atoms with E-state index in [0.29, 0.717) is 18.5 Å². The molecule has 0 unspecified atom stereocenters. The number of nitrogens with two attached hydrogens (primary N) is 1. The van der Waals surface area contributed by atoms with Crippen molar-refractivity contribution < 1.29 is 14.4 Å². The van der Waals surface area contributed by atoms with Crippen molar-refractivity contribution in [2.75, 3.05) is 0 Å². The zero-order valence-corrected chi connectivity index (χ0v) is 13.0. The van der Waals surface area contributed by atoms with Gasteiger partial charge in [0.25, 0.3) is 0 Å². The Balaban J connectivity index is 1.72. The van der Waals surface area contributed by atoms with E-state index in [4.69, 9.17) is 5.73 Å². The number of amides is 3. The van der Waals surface area contributed by atoms with Crippen molar-refractivity contribution in [2.45, 2.75) is 31.3 Å². The molecule has 1 aromatic heterocycles. The molecule has 124 valence electrons. The second-order valence-electron chi connectivity index (χ2n) is 5.82. The predicted octanol–water partition coefficient (Wildman–Crippen LogP) is 0.0260. The number of para-hydroxylation sites is 1. The first kappa shape index (κ1) is 15.9. The Hall–Kier alpha value is -2.96. The largest absolute Gasteiger partial charge is 0.368 e. The second kappa shape index (κ2) is 6.66. The molecule has 3 amide bonds. The fourth-order valence-corrected chi connectivity index (χ4v) is 2.74. The first-order chi connectivity index (χ1) is 11.5. The van der Waals surface area contributed by atoms with Crippen molar-refractivity contribution in [2.24, 2.45) is 5.73 Å². The highest BCUT2D eigenvalue weighted by atomic mass is 16.2. The average molecular weight is 326 g/mol. The van der Waals surface area contributed by atoms with Crippen LogP contribution in [0.15, 0.2) is 36.4 Å².